The zero-order chi connectivity index (χ0) is 20.6. The zero-order valence-electron chi connectivity index (χ0n) is 16.1. The Kier molecular flexibility index (Phi) is 6.73. The van der Waals surface area contributed by atoms with Crippen LogP contribution in [0.15, 0.2) is 59.4 Å². The molecule has 0 bridgehead atoms. The molecule has 0 aliphatic carbocycles. The van der Waals surface area contributed by atoms with Gasteiger partial charge in [-0.2, -0.15) is 4.98 Å². The molecule has 6 nitrogen and oxygen atoms in total. The lowest BCUT2D eigenvalue weighted by atomic mass is 10.1. The van der Waals surface area contributed by atoms with Gasteiger partial charge in [0.2, 0.25) is 0 Å². The molecule has 2 N–H and O–H groups in total. The number of aromatic nitrogens is 2. The van der Waals surface area contributed by atoms with E-state index >= 15 is 0 Å². The molecule has 1 heterocycles. The van der Waals surface area contributed by atoms with Crippen molar-refractivity contribution in [1.29, 1.82) is 0 Å². The first-order valence-electron chi connectivity index (χ1n) is 9.33. The van der Waals surface area contributed by atoms with E-state index in [1.807, 2.05) is 0 Å². The van der Waals surface area contributed by atoms with Crippen LogP contribution in [0.2, 0.25) is 0 Å². The van der Waals surface area contributed by atoms with E-state index in [2.05, 4.69) is 15.3 Å². The lowest BCUT2D eigenvalue weighted by molar-refractivity contribution is 0.0947. The second kappa shape index (κ2) is 9.64. The number of hydrogen-bond acceptors (Lipinski definition) is 4. The number of rotatable bonds is 8. The van der Waals surface area contributed by atoms with Crippen LogP contribution in [0.1, 0.15) is 28.9 Å². The maximum Gasteiger partial charge on any atom is 0.346 e. The first kappa shape index (κ1) is 20.3. The van der Waals surface area contributed by atoms with Crippen LogP contribution < -0.4 is 15.7 Å². The minimum atomic E-state index is -0.584. The van der Waals surface area contributed by atoms with Crippen LogP contribution in [0.5, 0.6) is 5.75 Å². The number of nitrogens with one attached hydrogen (secondary N) is 2. The Bertz CT molecular complexity index is 1010. The number of unbranched alkanes of at least 4 members (excludes halogenated alkanes) is 1. The number of H-pyrrole nitrogens is 1. The Labute approximate surface area is 167 Å². The van der Waals surface area contributed by atoms with Crippen molar-refractivity contribution in [3.63, 3.8) is 0 Å². The minimum Gasteiger partial charge on any atom is -0.497 e. The average Bonchev–Trinajstić information content (AvgIpc) is 2.74. The third kappa shape index (κ3) is 5.75. The van der Waals surface area contributed by atoms with Crippen LogP contribution in [-0.2, 0) is 6.42 Å². The smallest absolute Gasteiger partial charge is 0.346 e. The van der Waals surface area contributed by atoms with Crippen molar-refractivity contribution in [2.24, 2.45) is 0 Å². The van der Waals surface area contributed by atoms with Gasteiger partial charge in [-0.1, -0.05) is 12.1 Å². The Morgan fingerprint density at radius 1 is 1.10 bits per heavy atom. The van der Waals surface area contributed by atoms with E-state index in [-0.39, 0.29) is 17.4 Å². The molecule has 0 fully saturated rings. The van der Waals surface area contributed by atoms with Gasteiger partial charge in [-0.25, -0.2) is 9.18 Å². The summed E-state index contributed by atoms with van der Waals surface area (Å²) in [5.41, 5.74) is 1.76. The Morgan fingerprint density at radius 2 is 1.83 bits per heavy atom. The van der Waals surface area contributed by atoms with Gasteiger partial charge in [0.05, 0.1) is 12.8 Å². The van der Waals surface area contributed by atoms with E-state index in [1.54, 1.807) is 49.6 Å². The highest BCUT2D eigenvalue weighted by Crippen LogP contribution is 2.20. The summed E-state index contributed by atoms with van der Waals surface area (Å²) in [6, 6.07) is 15.0. The molecule has 7 heteroatoms. The number of carbonyl (C=O) groups excluding carboxylic acids is 1. The molecule has 0 aliphatic heterocycles. The van der Waals surface area contributed by atoms with E-state index in [1.165, 1.54) is 12.1 Å². The first-order valence-corrected chi connectivity index (χ1v) is 9.33. The van der Waals surface area contributed by atoms with E-state index in [0.29, 0.717) is 23.6 Å². The molecule has 3 rings (SSSR count). The number of hydrogen-bond donors (Lipinski definition) is 2. The molecule has 3 aromatic rings. The lowest BCUT2D eigenvalue weighted by Gasteiger charge is -2.07. The minimum absolute atomic E-state index is 0.161. The van der Waals surface area contributed by atoms with E-state index in [4.69, 9.17) is 4.74 Å². The quantitative estimate of drug-likeness (QED) is 0.573. The van der Waals surface area contributed by atoms with E-state index in [0.717, 1.165) is 24.8 Å². The molecular formula is C22H22FN3O3. The number of benzene rings is 2. The topological polar surface area (TPSA) is 84.1 Å². The molecule has 0 spiro atoms. The number of carbonyl (C=O) groups is 1. The third-order valence-corrected chi connectivity index (χ3v) is 4.47. The molecule has 0 saturated heterocycles. The molecule has 1 amide bonds. The van der Waals surface area contributed by atoms with Crippen molar-refractivity contribution in [2.75, 3.05) is 13.7 Å². The number of halogens is 1. The molecule has 0 atom stereocenters. The summed E-state index contributed by atoms with van der Waals surface area (Å²) in [6.45, 7) is 0.474. The van der Waals surface area contributed by atoms with Crippen molar-refractivity contribution in [3.05, 3.63) is 82.2 Å². The van der Waals surface area contributed by atoms with Gasteiger partial charge < -0.3 is 15.0 Å². The molecule has 0 unspecified atom stereocenters. The fourth-order valence-electron chi connectivity index (χ4n) is 2.89. The summed E-state index contributed by atoms with van der Waals surface area (Å²) in [7, 11) is 1.57. The molecule has 0 aliphatic rings. The van der Waals surface area contributed by atoms with Gasteiger partial charge in [-0.05, 0) is 67.3 Å². The second-order valence-electron chi connectivity index (χ2n) is 6.55. The van der Waals surface area contributed by atoms with Crippen molar-refractivity contribution < 1.29 is 13.9 Å². The van der Waals surface area contributed by atoms with Crippen LogP contribution in [0.4, 0.5) is 4.39 Å². The van der Waals surface area contributed by atoms with Gasteiger partial charge >= 0.3 is 5.69 Å². The predicted octanol–water partition coefficient (Wildman–Crippen LogP) is 3.34. The summed E-state index contributed by atoms with van der Waals surface area (Å²) in [5, 5.41) is 2.80. The van der Waals surface area contributed by atoms with Gasteiger partial charge in [-0.15, -0.1) is 0 Å². The normalized spacial score (nSPS) is 10.6. The third-order valence-electron chi connectivity index (χ3n) is 4.47. The highest BCUT2D eigenvalue weighted by atomic mass is 19.1. The zero-order valence-corrected chi connectivity index (χ0v) is 16.1. The highest BCUT2D eigenvalue weighted by Gasteiger charge is 2.10. The molecular weight excluding hydrogens is 373 g/mol. The summed E-state index contributed by atoms with van der Waals surface area (Å²) in [5.74, 6) is 0.0830. The van der Waals surface area contributed by atoms with Crippen molar-refractivity contribution >= 4 is 5.91 Å². The Morgan fingerprint density at radius 3 is 2.52 bits per heavy atom. The Hall–Kier alpha value is -3.48. The van der Waals surface area contributed by atoms with Crippen LogP contribution >= 0.6 is 0 Å². The SMILES string of the molecule is COc1ccc(-c2cc(C(=O)NCCCCc3ccc(F)cc3)[nH]c(=O)n2)cc1. The highest BCUT2D eigenvalue weighted by molar-refractivity contribution is 5.93. The van der Waals surface area contributed by atoms with Crippen LogP contribution in [0, 0.1) is 5.82 Å². The number of aryl methyl sites for hydroxylation is 1. The van der Waals surface area contributed by atoms with Gasteiger partial charge in [0, 0.05) is 12.1 Å². The maximum atomic E-state index is 12.9. The number of methoxy groups -OCH3 is 1. The monoisotopic (exact) mass is 395 g/mol. The summed E-state index contributed by atoms with van der Waals surface area (Å²) >= 11 is 0. The maximum absolute atomic E-state index is 12.9. The molecule has 150 valence electrons. The molecule has 0 radical (unpaired) electrons. The molecule has 2 aromatic carbocycles. The summed E-state index contributed by atoms with van der Waals surface area (Å²) < 4.78 is 18.0. The predicted molar refractivity (Wildman–Crippen MR) is 109 cm³/mol. The standard InChI is InChI=1S/C22H22FN3O3/c1-29-18-11-7-16(8-12-18)19-14-20(26-22(28)25-19)21(27)24-13-3-2-4-15-5-9-17(23)10-6-15/h5-12,14H,2-4,13H2,1H3,(H,24,27)(H,25,26,28). The fourth-order valence-corrected chi connectivity index (χ4v) is 2.89. The number of amides is 1. The van der Waals surface area contributed by atoms with Crippen LogP contribution in [-0.4, -0.2) is 29.5 Å². The first-order chi connectivity index (χ1) is 14.0. The fraction of sp³-hybridized carbons (Fsp3) is 0.227. The molecule has 29 heavy (non-hydrogen) atoms. The number of ether oxygens (including phenoxy) is 1. The van der Waals surface area contributed by atoms with E-state index in [9.17, 15) is 14.0 Å². The van der Waals surface area contributed by atoms with Crippen LogP contribution in [0.25, 0.3) is 11.3 Å². The lowest BCUT2D eigenvalue weighted by Crippen LogP contribution is -2.28. The van der Waals surface area contributed by atoms with Gasteiger partial charge in [0.1, 0.15) is 17.3 Å². The van der Waals surface area contributed by atoms with Crippen molar-refractivity contribution in [2.45, 2.75) is 19.3 Å². The van der Waals surface area contributed by atoms with Gasteiger partial charge in [0.15, 0.2) is 0 Å². The summed E-state index contributed by atoms with van der Waals surface area (Å²) in [4.78, 5) is 30.7. The number of aromatic amines is 1. The van der Waals surface area contributed by atoms with Crippen molar-refractivity contribution in [3.8, 4) is 17.0 Å². The Balaban J connectivity index is 1.55. The average molecular weight is 395 g/mol. The van der Waals surface area contributed by atoms with Gasteiger partial charge in [0.25, 0.3) is 5.91 Å². The molecule has 1 aromatic heterocycles. The second-order valence-corrected chi connectivity index (χ2v) is 6.55. The molecule has 0 saturated carbocycles. The van der Waals surface area contributed by atoms with E-state index < -0.39 is 5.69 Å². The summed E-state index contributed by atoms with van der Waals surface area (Å²) in [6.07, 6.45) is 2.43. The number of nitrogens with zero attached hydrogens (tertiary/aromatic N) is 1. The van der Waals surface area contributed by atoms with Crippen LogP contribution in [0.3, 0.4) is 0 Å². The largest absolute Gasteiger partial charge is 0.497 e. The van der Waals surface area contributed by atoms with Crippen molar-refractivity contribution in [1.82, 2.24) is 15.3 Å². The van der Waals surface area contributed by atoms with Gasteiger partial charge in [-0.3, -0.25) is 4.79 Å².